The first-order valence-electron chi connectivity index (χ1n) is 8.50. The second kappa shape index (κ2) is 6.73. The number of hydrogen-bond acceptors (Lipinski definition) is 2. The van der Waals surface area contributed by atoms with Gasteiger partial charge < -0.3 is 10.2 Å². The summed E-state index contributed by atoms with van der Waals surface area (Å²) in [5.74, 6) is -0.244. The van der Waals surface area contributed by atoms with E-state index >= 15 is 0 Å². The van der Waals surface area contributed by atoms with Crippen LogP contribution in [0.2, 0.25) is 0 Å². The maximum absolute atomic E-state index is 12.5. The molecule has 1 N–H and O–H groups in total. The summed E-state index contributed by atoms with van der Waals surface area (Å²) in [4.78, 5) is 26.8. The highest BCUT2D eigenvalue weighted by molar-refractivity contribution is 6.01. The van der Waals surface area contributed by atoms with Crippen molar-refractivity contribution in [3.8, 4) is 0 Å². The first-order valence-corrected chi connectivity index (χ1v) is 8.50. The molecule has 1 aliphatic heterocycles. The largest absolute Gasteiger partial charge is 0.351 e. The summed E-state index contributed by atoms with van der Waals surface area (Å²) in [6, 6.07) is 6.19. The molecule has 1 aliphatic rings. The third kappa shape index (κ3) is 3.92. The predicted molar refractivity (Wildman–Crippen MR) is 93.6 cm³/mol. The number of para-hydroxylation sites is 1. The molecular formula is C19H28N2O2. The van der Waals surface area contributed by atoms with Gasteiger partial charge in [-0.2, -0.15) is 0 Å². The van der Waals surface area contributed by atoms with E-state index in [1.807, 2.05) is 31.7 Å². The highest BCUT2D eigenvalue weighted by Gasteiger charge is 2.37. The van der Waals surface area contributed by atoms with Gasteiger partial charge in [0.05, 0.1) is 5.92 Å². The van der Waals surface area contributed by atoms with E-state index in [9.17, 15) is 9.59 Å². The quantitative estimate of drug-likeness (QED) is 0.928. The Hall–Kier alpha value is -1.84. The molecule has 0 bridgehead atoms. The molecule has 126 valence electrons. The van der Waals surface area contributed by atoms with Gasteiger partial charge in [0, 0.05) is 24.2 Å². The van der Waals surface area contributed by atoms with Gasteiger partial charge in [-0.1, -0.05) is 32.0 Å². The predicted octanol–water partition coefficient (Wildman–Crippen LogP) is 3.08. The number of hydrogen-bond donors (Lipinski definition) is 1. The normalized spacial score (nSPS) is 18.4. The Bertz CT molecular complexity index is 580. The van der Waals surface area contributed by atoms with Crippen LogP contribution in [0.4, 0.5) is 5.69 Å². The topological polar surface area (TPSA) is 49.4 Å². The molecule has 1 unspecified atom stereocenters. The van der Waals surface area contributed by atoms with Crippen LogP contribution in [0.15, 0.2) is 18.2 Å². The summed E-state index contributed by atoms with van der Waals surface area (Å²) in [5.41, 5.74) is 3.10. The molecule has 0 aromatic heterocycles. The number of nitrogens with zero attached hydrogens (tertiary/aromatic N) is 1. The highest BCUT2D eigenvalue weighted by Crippen LogP contribution is 2.32. The van der Waals surface area contributed by atoms with Gasteiger partial charge in [-0.05, 0) is 44.7 Å². The van der Waals surface area contributed by atoms with Crippen molar-refractivity contribution in [2.45, 2.75) is 59.4 Å². The van der Waals surface area contributed by atoms with E-state index in [0.29, 0.717) is 13.0 Å². The molecule has 1 atom stereocenters. The fraction of sp³-hybridized carbons (Fsp3) is 0.579. The maximum Gasteiger partial charge on any atom is 0.227 e. The monoisotopic (exact) mass is 316 g/mol. The van der Waals surface area contributed by atoms with Crippen LogP contribution < -0.4 is 10.2 Å². The van der Waals surface area contributed by atoms with Crippen LogP contribution in [0.5, 0.6) is 0 Å². The smallest absolute Gasteiger partial charge is 0.227 e. The molecule has 2 rings (SSSR count). The molecule has 4 heteroatoms. The average molecular weight is 316 g/mol. The van der Waals surface area contributed by atoms with Crippen molar-refractivity contribution in [1.82, 2.24) is 5.32 Å². The molecule has 4 nitrogen and oxygen atoms in total. The van der Waals surface area contributed by atoms with Crippen LogP contribution in [0, 0.1) is 5.92 Å². The lowest BCUT2D eigenvalue weighted by molar-refractivity contribution is -0.127. The minimum absolute atomic E-state index is 0.0274. The fourth-order valence-corrected chi connectivity index (χ4v) is 3.13. The minimum Gasteiger partial charge on any atom is -0.351 e. The lowest BCUT2D eigenvalue weighted by Gasteiger charge is -2.25. The second-order valence-corrected chi connectivity index (χ2v) is 7.28. The summed E-state index contributed by atoms with van der Waals surface area (Å²) in [6.45, 7) is 10.6. The molecule has 1 saturated heterocycles. The Morgan fingerprint density at radius 1 is 1.22 bits per heavy atom. The standard InChI is InChI=1S/C19H28N2O2/c1-6-13-9-8-10-14(7-2)17(13)21-12-15(11-16(21)22)18(23)20-19(3,4)5/h8-10,15H,6-7,11-12H2,1-5H3,(H,20,23). The SMILES string of the molecule is CCc1cccc(CC)c1N1CC(C(=O)NC(C)(C)C)CC1=O. The Morgan fingerprint density at radius 2 is 1.78 bits per heavy atom. The summed E-state index contributed by atoms with van der Waals surface area (Å²) in [6.07, 6.45) is 2.06. The van der Waals surface area contributed by atoms with E-state index in [0.717, 1.165) is 18.5 Å². The first-order chi connectivity index (χ1) is 10.8. The molecule has 0 spiro atoms. The minimum atomic E-state index is -0.274. The Balaban J connectivity index is 2.26. The molecule has 1 aromatic rings. The van der Waals surface area contributed by atoms with E-state index in [-0.39, 0.29) is 23.3 Å². The van der Waals surface area contributed by atoms with E-state index in [1.165, 1.54) is 11.1 Å². The van der Waals surface area contributed by atoms with Crippen molar-refractivity contribution in [2.75, 3.05) is 11.4 Å². The van der Waals surface area contributed by atoms with E-state index < -0.39 is 0 Å². The van der Waals surface area contributed by atoms with Gasteiger partial charge >= 0.3 is 0 Å². The Morgan fingerprint density at radius 3 is 2.26 bits per heavy atom. The lowest BCUT2D eigenvalue weighted by Crippen LogP contribution is -2.44. The first kappa shape index (κ1) is 17.5. The van der Waals surface area contributed by atoms with Crippen molar-refractivity contribution in [3.05, 3.63) is 29.3 Å². The van der Waals surface area contributed by atoms with E-state index in [2.05, 4.69) is 31.3 Å². The molecule has 0 aliphatic carbocycles. The molecule has 1 aromatic carbocycles. The number of amides is 2. The number of anilines is 1. The van der Waals surface area contributed by atoms with Gasteiger partial charge in [-0.3, -0.25) is 9.59 Å². The number of aryl methyl sites for hydroxylation is 2. The molecule has 1 fully saturated rings. The van der Waals surface area contributed by atoms with Gasteiger partial charge in [-0.25, -0.2) is 0 Å². The number of carbonyl (C=O) groups excluding carboxylic acids is 2. The molecule has 1 heterocycles. The van der Waals surface area contributed by atoms with Crippen LogP contribution in [0.3, 0.4) is 0 Å². The Kier molecular flexibility index (Phi) is 5.12. The number of carbonyl (C=O) groups is 2. The van der Waals surface area contributed by atoms with Crippen molar-refractivity contribution >= 4 is 17.5 Å². The molecule has 2 amide bonds. The number of benzene rings is 1. The zero-order valence-corrected chi connectivity index (χ0v) is 14.9. The van der Waals surface area contributed by atoms with Crippen LogP contribution in [-0.4, -0.2) is 23.9 Å². The zero-order chi connectivity index (χ0) is 17.2. The molecule has 23 heavy (non-hydrogen) atoms. The van der Waals surface area contributed by atoms with E-state index in [1.54, 1.807) is 0 Å². The maximum atomic E-state index is 12.5. The Labute approximate surface area is 139 Å². The molecule has 0 radical (unpaired) electrons. The number of nitrogens with one attached hydrogen (secondary N) is 1. The summed E-state index contributed by atoms with van der Waals surface area (Å²) >= 11 is 0. The molecular weight excluding hydrogens is 288 g/mol. The third-order valence-corrected chi connectivity index (χ3v) is 4.23. The van der Waals surface area contributed by atoms with Gasteiger partial charge in [0.1, 0.15) is 0 Å². The summed E-state index contributed by atoms with van der Waals surface area (Å²) in [5, 5.41) is 2.99. The van der Waals surface area contributed by atoms with Crippen molar-refractivity contribution in [1.29, 1.82) is 0 Å². The lowest BCUT2D eigenvalue weighted by atomic mass is 10.0. The van der Waals surface area contributed by atoms with E-state index in [4.69, 9.17) is 0 Å². The fourth-order valence-electron chi connectivity index (χ4n) is 3.13. The zero-order valence-electron chi connectivity index (χ0n) is 14.9. The van der Waals surface area contributed by atoms with Crippen LogP contribution in [0.1, 0.15) is 52.2 Å². The highest BCUT2D eigenvalue weighted by atomic mass is 16.2. The summed E-state index contributed by atoms with van der Waals surface area (Å²) in [7, 11) is 0. The average Bonchev–Trinajstić information content (AvgIpc) is 2.86. The number of rotatable bonds is 4. The second-order valence-electron chi connectivity index (χ2n) is 7.28. The summed E-state index contributed by atoms with van der Waals surface area (Å²) < 4.78 is 0. The van der Waals surface area contributed by atoms with Crippen LogP contribution in [0.25, 0.3) is 0 Å². The van der Waals surface area contributed by atoms with Gasteiger partial charge in [0.2, 0.25) is 11.8 Å². The van der Waals surface area contributed by atoms with Crippen molar-refractivity contribution in [3.63, 3.8) is 0 Å². The van der Waals surface area contributed by atoms with Gasteiger partial charge in [-0.15, -0.1) is 0 Å². The van der Waals surface area contributed by atoms with Crippen molar-refractivity contribution < 1.29 is 9.59 Å². The molecule has 0 saturated carbocycles. The van der Waals surface area contributed by atoms with Crippen LogP contribution in [-0.2, 0) is 22.4 Å². The van der Waals surface area contributed by atoms with Gasteiger partial charge in [0.15, 0.2) is 0 Å². The van der Waals surface area contributed by atoms with Crippen LogP contribution >= 0.6 is 0 Å². The van der Waals surface area contributed by atoms with Crippen molar-refractivity contribution in [2.24, 2.45) is 5.92 Å². The third-order valence-electron chi connectivity index (χ3n) is 4.23. The van der Waals surface area contributed by atoms with Gasteiger partial charge in [0.25, 0.3) is 0 Å².